The number of aromatic hydroxyl groups is 1. The van der Waals surface area contributed by atoms with Crippen molar-refractivity contribution in [2.75, 3.05) is 0 Å². The van der Waals surface area contributed by atoms with E-state index in [2.05, 4.69) is 0 Å². The summed E-state index contributed by atoms with van der Waals surface area (Å²) < 4.78 is 0. The predicted molar refractivity (Wildman–Crippen MR) is 48.5 cm³/mol. The van der Waals surface area contributed by atoms with Gasteiger partial charge in [-0.3, -0.25) is 0 Å². The molecule has 0 amide bonds. The summed E-state index contributed by atoms with van der Waals surface area (Å²) >= 11 is 5.80. The van der Waals surface area contributed by atoms with Gasteiger partial charge in [0.25, 0.3) is 0 Å². The summed E-state index contributed by atoms with van der Waals surface area (Å²) in [7, 11) is 0. The molecule has 1 unspecified atom stereocenters. The van der Waals surface area contributed by atoms with Crippen molar-refractivity contribution in [2.45, 2.75) is 19.4 Å². The minimum Gasteiger partial charge on any atom is -0.508 e. The maximum atomic E-state index is 9.08. The summed E-state index contributed by atoms with van der Waals surface area (Å²) in [6.07, 6.45) is 0.103. The van der Waals surface area contributed by atoms with Crippen molar-refractivity contribution >= 4 is 11.6 Å². The molecule has 0 bridgehead atoms. The zero-order valence-corrected chi connectivity index (χ0v) is 7.54. The fourth-order valence-electron chi connectivity index (χ4n) is 1.02. The molecular formula is C9H11ClO2. The molecule has 0 aliphatic rings. The van der Waals surface area contributed by atoms with E-state index in [-0.39, 0.29) is 5.75 Å². The first-order valence-corrected chi connectivity index (χ1v) is 4.13. The average molecular weight is 187 g/mol. The SMILES string of the molecule is CC(O)Cc1ccc(O)cc1Cl. The second-order valence-electron chi connectivity index (χ2n) is 2.83. The highest BCUT2D eigenvalue weighted by atomic mass is 35.5. The number of aliphatic hydroxyl groups excluding tert-OH is 1. The van der Waals surface area contributed by atoms with E-state index in [1.807, 2.05) is 0 Å². The zero-order chi connectivity index (χ0) is 9.14. The summed E-state index contributed by atoms with van der Waals surface area (Å²) in [5.74, 6) is 0.148. The van der Waals surface area contributed by atoms with Crippen molar-refractivity contribution in [1.82, 2.24) is 0 Å². The van der Waals surface area contributed by atoms with Crippen molar-refractivity contribution < 1.29 is 10.2 Å². The summed E-state index contributed by atoms with van der Waals surface area (Å²) in [6.45, 7) is 1.70. The van der Waals surface area contributed by atoms with Crippen LogP contribution in [0.2, 0.25) is 5.02 Å². The molecule has 0 saturated carbocycles. The van der Waals surface area contributed by atoms with Gasteiger partial charge >= 0.3 is 0 Å². The summed E-state index contributed by atoms with van der Waals surface area (Å²) in [6, 6.07) is 4.74. The Kier molecular flexibility index (Phi) is 2.95. The van der Waals surface area contributed by atoms with Crippen LogP contribution in [0.4, 0.5) is 0 Å². The number of rotatable bonds is 2. The first kappa shape index (κ1) is 9.36. The number of aliphatic hydroxyl groups is 1. The van der Waals surface area contributed by atoms with Gasteiger partial charge in [-0.25, -0.2) is 0 Å². The van der Waals surface area contributed by atoms with Gasteiger partial charge in [0.2, 0.25) is 0 Å². The molecule has 1 aromatic rings. The van der Waals surface area contributed by atoms with E-state index in [4.69, 9.17) is 21.8 Å². The van der Waals surface area contributed by atoms with Crippen molar-refractivity contribution in [2.24, 2.45) is 0 Å². The van der Waals surface area contributed by atoms with Gasteiger partial charge in [-0.1, -0.05) is 17.7 Å². The molecule has 0 aliphatic carbocycles. The average Bonchev–Trinajstić information content (AvgIpc) is 1.94. The maximum absolute atomic E-state index is 9.08. The molecule has 1 aromatic carbocycles. The van der Waals surface area contributed by atoms with E-state index in [1.54, 1.807) is 19.1 Å². The Labute approximate surface area is 76.4 Å². The first-order valence-electron chi connectivity index (χ1n) is 3.75. The van der Waals surface area contributed by atoms with Gasteiger partial charge in [0.1, 0.15) is 5.75 Å². The van der Waals surface area contributed by atoms with Gasteiger partial charge in [-0.2, -0.15) is 0 Å². The smallest absolute Gasteiger partial charge is 0.117 e. The fraction of sp³-hybridized carbons (Fsp3) is 0.333. The number of hydrogen-bond donors (Lipinski definition) is 2. The highest BCUT2D eigenvalue weighted by Gasteiger charge is 2.04. The lowest BCUT2D eigenvalue weighted by molar-refractivity contribution is 0.195. The standard InChI is InChI=1S/C9H11ClO2/c1-6(11)4-7-2-3-8(12)5-9(7)10/h2-3,5-6,11-12H,4H2,1H3. The van der Waals surface area contributed by atoms with Gasteiger partial charge in [0.05, 0.1) is 6.10 Å². The van der Waals surface area contributed by atoms with Crippen LogP contribution in [0.5, 0.6) is 5.75 Å². The number of halogens is 1. The fourth-order valence-corrected chi connectivity index (χ4v) is 1.27. The summed E-state index contributed by atoms with van der Waals surface area (Å²) in [5.41, 5.74) is 0.851. The molecule has 0 spiro atoms. The lowest BCUT2D eigenvalue weighted by atomic mass is 10.1. The Morgan fingerprint density at radius 2 is 2.17 bits per heavy atom. The third-order valence-corrected chi connectivity index (χ3v) is 1.90. The molecule has 3 heteroatoms. The molecule has 0 aliphatic heterocycles. The second-order valence-corrected chi connectivity index (χ2v) is 3.24. The van der Waals surface area contributed by atoms with Gasteiger partial charge in [-0.15, -0.1) is 0 Å². The molecule has 0 aromatic heterocycles. The highest BCUT2D eigenvalue weighted by Crippen LogP contribution is 2.22. The van der Waals surface area contributed by atoms with Gasteiger partial charge < -0.3 is 10.2 Å². The van der Waals surface area contributed by atoms with E-state index >= 15 is 0 Å². The van der Waals surface area contributed by atoms with Gasteiger partial charge in [0.15, 0.2) is 0 Å². The summed E-state index contributed by atoms with van der Waals surface area (Å²) in [5, 5.41) is 18.6. The zero-order valence-electron chi connectivity index (χ0n) is 6.79. The highest BCUT2D eigenvalue weighted by molar-refractivity contribution is 6.31. The van der Waals surface area contributed by atoms with Gasteiger partial charge in [0, 0.05) is 5.02 Å². The van der Waals surface area contributed by atoms with Crippen molar-refractivity contribution in [3.8, 4) is 5.75 Å². The van der Waals surface area contributed by atoms with Crippen molar-refractivity contribution in [1.29, 1.82) is 0 Å². The van der Waals surface area contributed by atoms with E-state index in [1.165, 1.54) is 6.07 Å². The summed E-state index contributed by atoms with van der Waals surface area (Å²) in [4.78, 5) is 0. The molecule has 66 valence electrons. The van der Waals surface area contributed by atoms with Crippen LogP contribution < -0.4 is 0 Å². The maximum Gasteiger partial charge on any atom is 0.117 e. The third-order valence-electron chi connectivity index (χ3n) is 1.55. The van der Waals surface area contributed by atoms with Gasteiger partial charge in [-0.05, 0) is 31.0 Å². The monoisotopic (exact) mass is 186 g/mol. The number of benzene rings is 1. The Hall–Kier alpha value is -0.730. The largest absolute Gasteiger partial charge is 0.508 e. The Balaban J connectivity index is 2.86. The molecule has 2 nitrogen and oxygen atoms in total. The topological polar surface area (TPSA) is 40.5 Å². The lowest BCUT2D eigenvalue weighted by Crippen LogP contribution is -2.04. The number of phenolic OH excluding ortho intramolecular Hbond substituents is 1. The predicted octanol–water partition coefficient (Wildman–Crippen LogP) is 1.97. The molecule has 2 N–H and O–H groups in total. The van der Waals surface area contributed by atoms with Crippen LogP contribution in [-0.4, -0.2) is 16.3 Å². The molecule has 0 fully saturated rings. The minimum absolute atomic E-state index is 0.148. The van der Waals surface area contributed by atoms with Crippen LogP contribution in [-0.2, 0) is 6.42 Å². The lowest BCUT2D eigenvalue weighted by Gasteiger charge is -2.06. The van der Waals surface area contributed by atoms with Crippen LogP contribution in [0.25, 0.3) is 0 Å². The number of hydrogen-bond acceptors (Lipinski definition) is 2. The van der Waals surface area contributed by atoms with E-state index in [9.17, 15) is 0 Å². The Morgan fingerprint density at radius 3 is 2.67 bits per heavy atom. The Morgan fingerprint density at radius 1 is 1.50 bits per heavy atom. The molecule has 0 heterocycles. The van der Waals surface area contributed by atoms with Crippen LogP contribution in [0, 0.1) is 0 Å². The number of phenols is 1. The van der Waals surface area contributed by atoms with Crippen LogP contribution in [0.1, 0.15) is 12.5 Å². The molecule has 0 radical (unpaired) electrons. The molecule has 12 heavy (non-hydrogen) atoms. The van der Waals surface area contributed by atoms with Crippen molar-refractivity contribution in [3.05, 3.63) is 28.8 Å². The molecule has 1 atom stereocenters. The van der Waals surface area contributed by atoms with E-state index in [0.717, 1.165) is 5.56 Å². The normalized spacial score (nSPS) is 12.9. The quantitative estimate of drug-likeness (QED) is 0.742. The first-order chi connectivity index (χ1) is 5.59. The molecule has 1 rings (SSSR count). The van der Waals surface area contributed by atoms with Crippen LogP contribution >= 0.6 is 11.6 Å². The molecular weight excluding hydrogens is 176 g/mol. The van der Waals surface area contributed by atoms with Crippen molar-refractivity contribution in [3.63, 3.8) is 0 Å². The molecule has 0 saturated heterocycles. The van der Waals surface area contributed by atoms with E-state index < -0.39 is 6.10 Å². The van der Waals surface area contributed by atoms with Crippen LogP contribution in [0.15, 0.2) is 18.2 Å². The third kappa shape index (κ3) is 2.40. The minimum atomic E-state index is -0.410. The second kappa shape index (κ2) is 3.78. The van der Waals surface area contributed by atoms with E-state index in [0.29, 0.717) is 11.4 Å². The van der Waals surface area contributed by atoms with Crippen LogP contribution in [0.3, 0.4) is 0 Å². The Bertz CT molecular complexity index is 271.